The molecule has 0 saturated heterocycles. The molecule has 0 spiro atoms. The summed E-state index contributed by atoms with van der Waals surface area (Å²) < 4.78 is 15.9. The summed E-state index contributed by atoms with van der Waals surface area (Å²) >= 11 is 13.7. The van der Waals surface area contributed by atoms with E-state index < -0.39 is 11.7 Å². The number of carbonyl (C=O) groups excluding carboxylic acids is 1. The van der Waals surface area contributed by atoms with Crippen LogP contribution >= 0.6 is 34.5 Å². The molecule has 7 heteroatoms. The number of hydrogen-bond acceptors (Lipinski definition) is 2. The van der Waals surface area contributed by atoms with E-state index in [-0.39, 0.29) is 5.56 Å². The van der Waals surface area contributed by atoms with Crippen molar-refractivity contribution >= 4 is 50.7 Å². The Balaban J connectivity index is 2.21. The maximum absolute atomic E-state index is 13.3. The van der Waals surface area contributed by atoms with Gasteiger partial charge in [-0.15, -0.1) is 6.58 Å². The fourth-order valence-electron chi connectivity index (χ4n) is 2.26. The number of thiazole rings is 1. The van der Waals surface area contributed by atoms with Crippen LogP contribution in [0.25, 0.3) is 10.2 Å². The van der Waals surface area contributed by atoms with Gasteiger partial charge in [-0.25, -0.2) is 4.39 Å². The molecule has 0 aliphatic rings. The van der Waals surface area contributed by atoms with E-state index in [0.29, 0.717) is 26.9 Å². The Hall–Kier alpha value is -1.95. The molecule has 0 saturated carbocycles. The summed E-state index contributed by atoms with van der Waals surface area (Å²) in [5, 5.41) is 0.815. The van der Waals surface area contributed by atoms with Crippen molar-refractivity contribution in [1.82, 2.24) is 4.57 Å². The summed E-state index contributed by atoms with van der Waals surface area (Å²) in [4.78, 5) is 16.9. The van der Waals surface area contributed by atoms with E-state index in [1.807, 2.05) is 6.07 Å². The largest absolute Gasteiger partial charge is 0.311 e. The van der Waals surface area contributed by atoms with Gasteiger partial charge in [-0.3, -0.25) is 4.79 Å². The third-order valence-corrected chi connectivity index (χ3v) is 5.15. The van der Waals surface area contributed by atoms with E-state index in [1.165, 1.54) is 29.5 Å². The maximum Gasteiger partial charge on any atom is 0.279 e. The van der Waals surface area contributed by atoms with Gasteiger partial charge in [-0.2, -0.15) is 4.99 Å². The van der Waals surface area contributed by atoms with Crippen molar-refractivity contribution in [3.8, 4) is 0 Å². The van der Waals surface area contributed by atoms with E-state index in [0.717, 1.165) is 10.8 Å². The number of allylic oxidation sites excluding steroid dienone is 1. The van der Waals surface area contributed by atoms with Gasteiger partial charge >= 0.3 is 0 Å². The van der Waals surface area contributed by atoms with Gasteiger partial charge in [0.25, 0.3) is 5.91 Å². The lowest BCUT2D eigenvalue weighted by molar-refractivity contribution is 0.0997. The minimum atomic E-state index is -0.527. The predicted molar refractivity (Wildman–Crippen MR) is 96.3 cm³/mol. The summed E-state index contributed by atoms with van der Waals surface area (Å²) in [6.45, 7) is 4.13. The zero-order chi connectivity index (χ0) is 17.3. The standard InChI is InChI=1S/C17H11Cl2FN2OS/c1-2-8-22-15-13(7-6-12(18)14(15)19)24-17(22)21-16(23)10-4-3-5-11(20)9-10/h2-7,9H,1,8H2. The number of carbonyl (C=O) groups is 1. The van der Waals surface area contributed by atoms with Gasteiger partial charge in [0, 0.05) is 12.1 Å². The Morgan fingerprint density at radius 2 is 2.12 bits per heavy atom. The highest BCUT2D eigenvalue weighted by Gasteiger charge is 2.13. The van der Waals surface area contributed by atoms with Crippen molar-refractivity contribution in [3.05, 3.63) is 75.3 Å². The molecule has 0 bridgehead atoms. The van der Waals surface area contributed by atoms with Gasteiger partial charge in [0.15, 0.2) is 4.80 Å². The first-order chi connectivity index (χ1) is 11.5. The molecular formula is C17H11Cl2FN2OS. The highest BCUT2D eigenvalue weighted by Crippen LogP contribution is 2.32. The van der Waals surface area contributed by atoms with Crippen molar-refractivity contribution < 1.29 is 9.18 Å². The molecule has 0 radical (unpaired) electrons. The molecule has 3 rings (SSSR count). The molecule has 0 aliphatic carbocycles. The van der Waals surface area contributed by atoms with Gasteiger partial charge in [0.05, 0.1) is 20.3 Å². The Morgan fingerprint density at radius 3 is 2.83 bits per heavy atom. The zero-order valence-corrected chi connectivity index (χ0v) is 14.6. The Bertz CT molecular complexity index is 1020. The van der Waals surface area contributed by atoms with Crippen molar-refractivity contribution in [3.63, 3.8) is 0 Å². The molecule has 0 fully saturated rings. The molecular weight excluding hydrogens is 370 g/mol. The first-order valence-corrected chi connectivity index (χ1v) is 8.51. The molecule has 0 atom stereocenters. The summed E-state index contributed by atoms with van der Waals surface area (Å²) in [7, 11) is 0. The first-order valence-electron chi connectivity index (χ1n) is 6.94. The van der Waals surface area contributed by atoms with Crippen LogP contribution in [0.15, 0.2) is 54.0 Å². The molecule has 0 unspecified atom stereocenters. The lowest BCUT2D eigenvalue weighted by Gasteiger charge is -2.04. The summed E-state index contributed by atoms with van der Waals surface area (Å²) in [5.41, 5.74) is 0.876. The lowest BCUT2D eigenvalue weighted by atomic mass is 10.2. The summed E-state index contributed by atoms with van der Waals surface area (Å²) in [6, 6.07) is 8.93. The number of fused-ring (bicyclic) bond motifs is 1. The number of nitrogens with zero attached hydrogens (tertiary/aromatic N) is 2. The number of amides is 1. The van der Waals surface area contributed by atoms with E-state index in [9.17, 15) is 9.18 Å². The summed E-state index contributed by atoms with van der Waals surface area (Å²) in [6.07, 6.45) is 1.68. The Morgan fingerprint density at radius 1 is 1.33 bits per heavy atom. The molecule has 24 heavy (non-hydrogen) atoms. The maximum atomic E-state index is 13.3. The molecule has 3 aromatic rings. The third kappa shape index (κ3) is 3.15. The van der Waals surface area contributed by atoms with Crippen LogP contribution in [-0.2, 0) is 6.54 Å². The van der Waals surface area contributed by atoms with Crippen molar-refractivity contribution in [2.24, 2.45) is 4.99 Å². The van der Waals surface area contributed by atoms with E-state index in [4.69, 9.17) is 23.2 Å². The Labute approximate surface area is 151 Å². The minimum absolute atomic E-state index is 0.182. The lowest BCUT2D eigenvalue weighted by Crippen LogP contribution is -2.16. The van der Waals surface area contributed by atoms with Crippen LogP contribution in [0.1, 0.15) is 10.4 Å². The number of benzene rings is 2. The van der Waals surface area contributed by atoms with Crippen LogP contribution in [0.3, 0.4) is 0 Å². The van der Waals surface area contributed by atoms with Crippen LogP contribution in [0.2, 0.25) is 10.0 Å². The molecule has 1 amide bonds. The van der Waals surface area contributed by atoms with E-state index in [2.05, 4.69) is 11.6 Å². The number of hydrogen-bond donors (Lipinski definition) is 0. The van der Waals surface area contributed by atoms with Gasteiger partial charge < -0.3 is 4.57 Å². The molecule has 0 aliphatic heterocycles. The van der Waals surface area contributed by atoms with Gasteiger partial charge in [0.2, 0.25) is 0 Å². The van der Waals surface area contributed by atoms with Crippen LogP contribution in [0, 0.1) is 5.82 Å². The summed E-state index contributed by atoms with van der Waals surface area (Å²) in [5.74, 6) is -1.01. The Kier molecular flexibility index (Phi) is 4.85. The monoisotopic (exact) mass is 380 g/mol. The SMILES string of the molecule is C=CCn1c(=NC(=O)c2cccc(F)c2)sc2ccc(Cl)c(Cl)c21. The normalized spacial score (nSPS) is 11.9. The van der Waals surface area contributed by atoms with Crippen molar-refractivity contribution in [2.45, 2.75) is 6.54 Å². The third-order valence-electron chi connectivity index (χ3n) is 3.31. The molecule has 1 aromatic heterocycles. The quantitative estimate of drug-likeness (QED) is 0.583. The van der Waals surface area contributed by atoms with Crippen LogP contribution in [-0.4, -0.2) is 10.5 Å². The number of halogens is 3. The van der Waals surface area contributed by atoms with Crippen molar-refractivity contribution in [2.75, 3.05) is 0 Å². The van der Waals surface area contributed by atoms with Gasteiger partial charge in [-0.1, -0.05) is 46.7 Å². The highest BCUT2D eigenvalue weighted by atomic mass is 35.5. The van der Waals surface area contributed by atoms with E-state index >= 15 is 0 Å². The van der Waals surface area contributed by atoms with Gasteiger partial charge in [-0.05, 0) is 30.3 Å². The number of aromatic nitrogens is 1. The van der Waals surface area contributed by atoms with Crippen LogP contribution < -0.4 is 4.80 Å². The predicted octanol–water partition coefficient (Wildman–Crippen LogP) is 5.08. The van der Waals surface area contributed by atoms with Gasteiger partial charge in [0.1, 0.15) is 5.82 Å². The topological polar surface area (TPSA) is 34.4 Å². The van der Waals surface area contributed by atoms with Crippen LogP contribution in [0.4, 0.5) is 4.39 Å². The minimum Gasteiger partial charge on any atom is -0.311 e. The first kappa shape index (κ1) is 16.9. The molecule has 122 valence electrons. The van der Waals surface area contributed by atoms with Crippen molar-refractivity contribution in [1.29, 1.82) is 0 Å². The fourth-order valence-corrected chi connectivity index (χ4v) is 3.78. The smallest absolute Gasteiger partial charge is 0.279 e. The molecule has 2 aromatic carbocycles. The highest BCUT2D eigenvalue weighted by molar-refractivity contribution is 7.16. The van der Waals surface area contributed by atoms with Crippen LogP contribution in [0.5, 0.6) is 0 Å². The second-order valence-electron chi connectivity index (χ2n) is 4.92. The second kappa shape index (κ2) is 6.89. The molecule has 1 heterocycles. The fraction of sp³-hybridized carbons (Fsp3) is 0.0588. The average molecular weight is 381 g/mol. The molecule has 0 N–H and O–H groups in total. The second-order valence-corrected chi connectivity index (χ2v) is 6.71. The average Bonchev–Trinajstić information content (AvgIpc) is 2.90. The number of rotatable bonds is 3. The zero-order valence-electron chi connectivity index (χ0n) is 12.3. The van der Waals surface area contributed by atoms with E-state index in [1.54, 1.807) is 16.7 Å². The molecule has 3 nitrogen and oxygen atoms in total.